The lowest BCUT2D eigenvalue weighted by Gasteiger charge is -2.08. The molecule has 5 heteroatoms. The number of hydrogen-bond acceptors (Lipinski definition) is 4. The van der Waals surface area contributed by atoms with Crippen molar-refractivity contribution in [3.63, 3.8) is 0 Å². The molecule has 0 unspecified atom stereocenters. The van der Waals surface area contributed by atoms with Gasteiger partial charge in [0.15, 0.2) is 0 Å². The summed E-state index contributed by atoms with van der Waals surface area (Å²) in [5, 5.41) is 10.5. The molecule has 0 aliphatic rings. The molecule has 0 aromatic heterocycles. The van der Waals surface area contributed by atoms with Crippen molar-refractivity contribution < 1.29 is 4.92 Å². The second-order valence-corrected chi connectivity index (χ2v) is 2.80. The van der Waals surface area contributed by atoms with Crippen LogP contribution < -0.4 is 11.3 Å². The van der Waals surface area contributed by atoms with Gasteiger partial charge in [-0.1, -0.05) is 6.07 Å². The summed E-state index contributed by atoms with van der Waals surface area (Å²) in [7, 11) is 0. The molecule has 0 aliphatic heterocycles. The van der Waals surface area contributed by atoms with Crippen molar-refractivity contribution in [2.45, 2.75) is 13.8 Å². The van der Waals surface area contributed by atoms with E-state index in [1.165, 1.54) is 6.07 Å². The average Bonchev–Trinajstić information content (AvgIpc) is 2.04. The first-order chi connectivity index (χ1) is 6.07. The van der Waals surface area contributed by atoms with E-state index in [1.54, 1.807) is 13.0 Å². The van der Waals surface area contributed by atoms with E-state index in [0.29, 0.717) is 11.3 Å². The topological polar surface area (TPSA) is 81.2 Å². The van der Waals surface area contributed by atoms with Crippen molar-refractivity contribution in [2.75, 3.05) is 5.43 Å². The van der Waals surface area contributed by atoms with Crippen LogP contribution in [0, 0.1) is 24.0 Å². The maximum absolute atomic E-state index is 10.5. The number of hydrogen-bond donors (Lipinski definition) is 2. The summed E-state index contributed by atoms with van der Waals surface area (Å²) in [6, 6.07) is 3.14. The Bertz CT molecular complexity index is 349. The van der Waals surface area contributed by atoms with Crippen LogP contribution >= 0.6 is 0 Å². The number of nitrogens with two attached hydrogens (primary N) is 1. The third-order valence-electron chi connectivity index (χ3n) is 1.99. The van der Waals surface area contributed by atoms with Gasteiger partial charge in [0, 0.05) is 6.07 Å². The van der Waals surface area contributed by atoms with E-state index in [1.807, 2.05) is 6.92 Å². The van der Waals surface area contributed by atoms with Crippen LogP contribution in [0.2, 0.25) is 0 Å². The Balaban J connectivity index is 3.35. The number of nitrogens with one attached hydrogen (secondary N) is 1. The molecule has 70 valence electrons. The Kier molecular flexibility index (Phi) is 2.48. The van der Waals surface area contributed by atoms with Gasteiger partial charge in [-0.3, -0.25) is 16.0 Å². The van der Waals surface area contributed by atoms with Crippen LogP contribution in [0.15, 0.2) is 12.1 Å². The van der Waals surface area contributed by atoms with Gasteiger partial charge in [0.05, 0.1) is 16.2 Å². The lowest BCUT2D eigenvalue weighted by molar-refractivity contribution is -0.385. The fourth-order valence-electron chi connectivity index (χ4n) is 1.26. The van der Waals surface area contributed by atoms with Crippen LogP contribution in [0.1, 0.15) is 11.1 Å². The molecule has 0 atom stereocenters. The zero-order valence-electron chi connectivity index (χ0n) is 7.50. The lowest BCUT2D eigenvalue weighted by Crippen LogP contribution is -2.10. The smallest absolute Gasteiger partial charge is 0.274 e. The van der Waals surface area contributed by atoms with Crippen molar-refractivity contribution in [3.05, 3.63) is 33.4 Å². The Labute approximate surface area is 75.7 Å². The highest BCUT2D eigenvalue weighted by Gasteiger charge is 2.14. The molecule has 0 aliphatic carbocycles. The van der Waals surface area contributed by atoms with Crippen molar-refractivity contribution in [3.8, 4) is 0 Å². The Hall–Kier alpha value is -1.62. The summed E-state index contributed by atoms with van der Waals surface area (Å²) >= 11 is 0. The lowest BCUT2D eigenvalue weighted by atomic mass is 10.1. The van der Waals surface area contributed by atoms with E-state index in [-0.39, 0.29) is 5.69 Å². The minimum absolute atomic E-state index is 0.0820. The number of benzene rings is 1. The van der Waals surface area contributed by atoms with Crippen molar-refractivity contribution in [2.24, 2.45) is 5.84 Å². The molecule has 1 aromatic rings. The van der Waals surface area contributed by atoms with E-state index >= 15 is 0 Å². The first-order valence-electron chi connectivity index (χ1n) is 3.79. The SMILES string of the molecule is Cc1ccc([N+](=O)[O-])c(C)c1NN. The summed E-state index contributed by atoms with van der Waals surface area (Å²) < 4.78 is 0. The molecule has 0 spiro atoms. The minimum Gasteiger partial charge on any atom is -0.323 e. The third kappa shape index (κ3) is 1.59. The molecule has 13 heavy (non-hydrogen) atoms. The average molecular weight is 181 g/mol. The van der Waals surface area contributed by atoms with Gasteiger partial charge in [-0.25, -0.2) is 0 Å². The summed E-state index contributed by atoms with van der Waals surface area (Å²) in [5.74, 6) is 5.25. The van der Waals surface area contributed by atoms with E-state index in [2.05, 4.69) is 5.43 Å². The van der Waals surface area contributed by atoms with Crippen molar-refractivity contribution >= 4 is 11.4 Å². The molecule has 3 N–H and O–H groups in total. The number of nitro benzene ring substituents is 1. The van der Waals surface area contributed by atoms with Crippen molar-refractivity contribution in [1.82, 2.24) is 0 Å². The number of nitro groups is 1. The fraction of sp³-hybridized carbons (Fsp3) is 0.250. The van der Waals surface area contributed by atoms with Gasteiger partial charge in [-0.2, -0.15) is 0 Å². The van der Waals surface area contributed by atoms with Gasteiger partial charge in [-0.05, 0) is 19.4 Å². The van der Waals surface area contributed by atoms with E-state index < -0.39 is 4.92 Å². The summed E-state index contributed by atoms with van der Waals surface area (Å²) in [5.41, 5.74) is 4.61. The molecule has 1 aromatic carbocycles. The number of nitrogens with zero attached hydrogens (tertiary/aromatic N) is 1. The number of anilines is 1. The molecule has 0 saturated heterocycles. The third-order valence-corrected chi connectivity index (χ3v) is 1.99. The predicted molar refractivity (Wildman–Crippen MR) is 50.4 cm³/mol. The summed E-state index contributed by atoms with van der Waals surface area (Å²) in [6.07, 6.45) is 0. The van der Waals surface area contributed by atoms with E-state index in [4.69, 9.17) is 5.84 Å². The first kappa shape index (κ1) is 9.47. The molecule has 0 saturated carbocycles. The van der Waals surface area contributed by atoms with Crippen LogP contribution in [0.25, 0.3) is 0 Å². The molecular weight excluding hydrogens is 170 g/mol. The zero-order valence-corrected chi connectivity index (χ0v) is 7.50. The van der Waals surface area contributed by atoms with Crippen molar-refractivity contribution in [1.29, 1.82) is 0 Å². The Morgan fingerprint density at radius 1 is 1.46 bits per heavy atom. The van der Waals surface area contributed by atoms with Gasteiger partial charge in [0.25, 0.3) is 5.69 Å². The molecule has 0 radical (unpaired) electrons. The monoisotopic (exact) mass is 181 g/mol. The molecule has 5 nitrogen and oxygen atoms in total. The highest BCUT2D eigenvalue weighted by Crippen LogP contribution is 2.27. The predicted octanol–water partition coefficient (Wildman–Crippen LogP) is 1.50. The normalized spacial score (nSPS) is 9.77. The van der Waals surface area contributed by atoms with Gasteiger partial charge in [0.1, 0.15) is 0 Å². The maximum Gasteiger partial charge on any atom is 0.274 e. The Morgan fingerprint density at radius 2 is 2.08 bits per heavy atom. The van der Waals surface area contributed by atoms with E-state index in [0.717, 1.165) is 5.56 Å². The largest absolute Gasteiger partial charge is 0.323 e. The second kappa shape index (κ2) is 3.40. The van der Waals surface area contributed by atoms with Crippen LogP contribution in [0.5, 0.6) is 0 Å². The molecule has 1 rings (SSSR count). The summed E-state index contributed by atoms with van der Waals surface area (Å²) in [6.45, 7) is 3.51. The Morgan fingerprint density at radius 3 is 2.54 bits per heavy atom. The van der Waals surface area contributed by atoms with E-state index in [9.17, 15) is 10.1 Å². The second-order valence-electron chi connectivity index (χ2n) is 2.80. The molecule has 0 bridgehead atoms. The number of hydrazine groups is 1. The zero-order chi connectivity index (χ0) is 10.0. The summed E-state index contributed by atoms with van der Waals surface area (Å²) in [4.78, 5) is 10.1. The molecule has 0 amide bonds. The van der Waals surface area contributed by atoms with Crippen LogP contribution in [0.4, 0.5) is 11.4 Å². The quantitative estimate of drug-likeness (QED) is 0.411. The number of aryl methyl sites for hydroxylation is 1. The first-order valence-corrected chi connectivity index (χ1v) is 3.79. The van der Waals surface area contributed by atoms with Gasteiger partial charge >= 0.3 is 0 Å². The van der Waals surface area contributed by atoms with Crippen LogP contribution in [-0.4, -0.2) is 4.92 Å². The van der Waals surface area contributed by atoms with Gasteiger partial charge < -0.3 is 5.43 Å². The highest BCUT2D eigenvalue weighted by molar-refractivity contribution is 5.63. The minimum atomic E-state index is -0.421. The molecule has 0 fully saturated rings. The number of nitrogen functional groups attached to an aromatic ring is 1. The van der Waals surface area contributed by atoms with Crippen LogP contribution in [-0.2, 0) is 0 Å². The maximum atomic E-state index is 10.5. The molecular formula is C8H11N3O2. The highest BCUT2D eigenvalue weighted by atomic mass is 16.6. The van der Waals surface area contributed by atoms with Crippen LogP contribution in [0.3, 0.4) is 0 Å². The fourth-order valence-corrected chi connectivity index (χ4v) is 1.26. The standard InChI is InChI=1S/C8H11N3O2/c1-5-3-4-7(11(12)13)6(2)8(5)10-9/h3-4,10H,9H2,1-2H3. The number of rotatable bonds is 2. The van der Waals surface area contributed by atoms with Gasteiger partial charge in [-0.15, -0.1) is 0 Å². The molecule has 0 heterocycles. The van der Waals surface area contributed by atoms with Gasteiger partial charge in [0.2, 0.25) is 0 Å².